The number of aryl methyl sites for hydroxylation is 2. The molecule has 310 valence electrons. The van der Waals surface area contributed by atoms with Crippen molar-refractivity contribution in [3.63, 3.8) is 0 Å². The number of amides is 3. The van der Waals surface area contributed by atoms with E-state index in [1.165, 1.54) is 4.57 Å². The van der Waals surface area contributed by atoms with Gasteiger partial charge in [0.05, 0.1) is 27.7 Å². The van der Waals surface area contributed by atoms with E-state index in [0.717, 1.165) is 112 Å². The Kier molecular flexibility index (Phi) is 9.80. The number of imide groups is 1. The summed E-state index contributed by atoms with van der Waals surface area (Å²) in [6.07, 6.45) is 9.58. The minimum absolute atomic E-state index is 0.130. The second-order valence-corrected chi connectivity index (χ2v) is 17.0. The maximum absolute atomic E-state index is 14.3. The molecule has 3 aliphatic carbocycles. The van der Waals surface area contributed by atoms with E-state index in [1.54, 1.807) is 11.6 Å². The van der Waals surface area contributed by atoms with Gasteiger partial charge in [0.25, 0.3) is 5.91 Å². The molecule has 10 rings (SSSR count). The van der Waals surface area contributed by atoms with Crippen LogP contribution >= 0.6 is 0 Å². The lowest BCUT2D eigenvalue weighted by Crippen LogP contribution is -2.51. The molecule has 3 saturated carbocycles. The zero-order valence-corrected chi connectivity index (χ0v) is 32.9. The monoisotopic (exact) mass is 812 g/mol. The molecule has 1 atom stereocenters. The average Bonchev–Trinajstić information content (AvgIpc) is 3.79. The highest BCUT2D eigenvalue weighted by Gasteiger charge is 2.50. The number of halogens is 3. The van der Waals surface area contributed by atoms with Gasteiger partial charge in [-0.05, 0) is 112 Å². The maximum atomic E-state index is 14.3. The fraction of sp³-hybridized carbons (Fsp3) is 0.465. The van der Waals surface area contributed by atoms with Crippen LogP contribution in [0, 0.1) is 22.9 Å². The zero-order valence-electron chi connectivity index (χ0n) is 32.9. The van der Waals surface area contributed by atoms with Crippen LogP contribution in [0.1, 0.15) is 79.8 Å². The number of piperazine rings is 1. The number of carbonyl (C=O) groups is 3. The molecule has 5 aromatic rings. The number of piperidine rings is 1. The Morgan fingerprint density at radius 3 is 2.41 bits per heavy atom. The van der Waals surface area contributed by atoms with Crippen LogP contribution in [0.25, 0.3) is 21.9 Å². The van der Waals surface area contributed by atoms with Crippen molar-refractivity contribution in [2.24, 2.45) is 12.5 Å². The number of benzene rings is 3. The van der Waals surface area contributed by atoms with Crippen molar-refractivity contribution in [1.82, 2.24) is 34.4 Å². The van der Waals surface area contributed by atoms with Crippen molar-refractivity contribution in [2.45, 2.75) is 75.8 Å². The third-order valence-corrected chi connectivity index (χ3v) is 13.7. The molecule has 3 N–H and O–H groups in total. The van der Waals surface area contributed by atoms with Crippen molar-refractivity contribution >= 4 is 45.3 Å². The fourth-order valence-corrected chi connectivity index (χ4v) is 9.94. The molecule has 5 aliphatic rings. The van der Waals surface area contributed by atoms with Crippen LogP contribution in [0.2, 0.25) is 0 Å². The quantitative estimate of drug-likeness (QED) is 0.132. The van der Waals surface area contributed by atoms with Gasteiger partial charge in [-0.25, -0.2) is 13.6 Å². The van der Waals surface area contributed by atoms with Gasteiger partial charge in [0.2, 0.25) is 17.6 Å². The van der Waals surface area contributed by atoms with E-state index in [-0.39, 0.29) is 35.5 Å². The van der Waals surface area contributed by atoms with E-state index < -0.39 is 46.6 Å². The summed E-state index contributed by atoms with van der Waals surface area (Å²) in [5.74, 6) is -7.82. The molecule has 59 heavy (non-hydrogen) atoms. The topological polar surface area (TPSA) is 147 Å². The first-order valence-corrected chi connectivity index (χ1v) is 20.5. The highest BCUT2D eigenvalue weighted by Crippen LogP contribution is 2.55. The molecule has 16 heteroatoms. The van der Waals surface area contributed by atoms with Crippen molar-refractivity contribution in [3.8, 4) is 5.75 Å². The number of imidazole rings is 1. The van der Waals surface area contributed by atoms with E-state index in [0.29, 0.717) is 18.0 Å². The van der Waals surface area contributed by atoms with Crippen molar-refractivity contribution < 1.29 is 32.7 Å². The molecule has 4 heterocycles. The number of aromatic nitrogens is 4. The number of nitrogens with zero attached hydrogens (tertiary/aromatic N) is 6. The molecular formula is C43H47F3N8O5. The van der Waals surface area contributed by atoms with Crippen LogP contribution < -0.4 is 21.2 Å². The Labute approximate surface area is 337 Å². The smallest absolute Gasteiger partial charge is 0.329 e. The number of hydrogen-bond acceptors (Lipinski definition) is 8. The van der Waals surface area contributed by atoms with Crippen molar-refractivity contribution in [2.75, 3.05) is 44.2 Å². The summed E-state index contributed by atoms with van der Waals surface area (Å²) >= 11 is 0. The Balaban J connectivity index is 0.771. The SMILES string of the molecule is Cn1c(=O)n(C2CCC(=O)NC2=O)c2ccc(CCCN3CCN(c4ccc5cn(C67CCC(CNC(=O)c8cc(F)c(O)c(F)c8F)(CC6)CC7)nc5c4)CC3)cc21. The lowest BCUT2D eigenvalue weighted by atomic mass is 9.57. The lowest BCUT2D eigenvalue weighted by molar-refractivity contribution is -0.135. The van der Waals surface area contributed by atoms with E-state index in [1.807, 2.05) is 18.2 Å². The molecular weight excluding hydrogens is 766 g/mol. The van der Waals surface area contributed by atoms with Gasteiger partial charge >= 0.3 is 5.69 Å². The predicted octanol–water partition coefficient (Wildman–Crippen LogP) is 5.02. The average molecular weight is 813 g/mol. The van der Waals surface area contributed by atoms with Crippen LogP contribution in [0.15, 0.2) is 53.5 Å². The van der Waals surface area contributed by atoms with Crippen LogP contribution in [0.5, 0.6) is 5.75 Å². The van der Waals surface area contributed by atoms with Gasteiger partial charge in [-0.1, -0.05) is 6.07 Å². The summed E-state index contributed by atoms with van der Waals surface area (Å²) in [5.41, 5.74) is 3.36. The molecule has 5 fully saturated rings. The third-order valence-electron chi connectivity index (χ3n) is 13.7. The van der Waals surface area contributed by atoms with Gasteiger partial charge in [0.1, 0.15) is 6.04 Å². The summed E-state index contributed by atoms with van der Waals surface area (Å²) in [7, 11) is 1.72. The van der Waals surface area contributed by atoms with Gasteiger partial charge in [-0.3, -0.25) is 38.4 Å². The summed E-state index contributed by atoms with van der Waals surface area (Å²) in [6, 6.07) is 12.3. The minimum Gasteiger partial charge on any atom is -0.503 e. The lowest BCUT2D eigenvalue weighted by Gasteiger charge is -2.53. The first kappa shape index (κ1) is 38.9. The number of carbonyl (C=O) groups excluding carboxylic acids is 3. The molecule has 2 saturated heterocycles. The molecule has 2 aromatic heterocycles. The second-order valence-electron chi connectivity index (χ2n) is 17.0. The molecule has 13 nitrogen and oxygen atoms in total. The number of anilines is 1. The van der Waals surface area contributed by atoms with Crippen molar-refractivity contribution in [3.05, 3.63) is 87.7 Å². The molecule has 0 spiro atoms. The summed E-state index contributed by atoms with van der Waals surface area (Å²) in [6.45, 7) is 4.92. The van der Waals surface area contributed by atoms with Crippen molar-refractivity contribution in [1.29, 1.82) is 0 Å². The van der Waals surface area contributed by atoms with E-state index in [9.17, 15) is 37.5 Å². The van der Waals surface area contributed by atoms with E-state index in [4.69, 9.17) is 5.10 Å². The normalized spacial score (nSPS) is 23.7. The first-order chi connectivity index (χ1) is 28.3. The van der Waals surface area contributed by atoms with Gasteiger partial charge < -0.3 is 15.3 Å². The molecule has 2 bridgehead atoms. The Morgan fingerprint density at radius 2 is 1.68 bits per heavy atom. The van der Waals surface area contributed by atoms with Crippen LogP contribution in [0.3, 0.4) is 0 Å². The number of hydrogen-bond donors (Lipinski definition) is 3. The number of nitrogens with one attached hydrogen (secondary N) is 2. The standard InChI is InChI=1S/C43H47F3N8O5/c1-50-34-21-26(4-7-32(34)54(41(50)59)33-8-9-35(55)48-40(33)58)3-2-16-51-17-19-52(20-18-51)28-6-5-27-24-53(49-31(27)22-28)43-13-10-42(11-14-43,12-15-43)25-47-39(57)29-23-30(44)38(56)37(46)36(29)45/h4-7,21-24,33,56H,2-3,8-20,25H2,1H3,(H,47,57)(H,48,55,58). The summed E-state index contributed by atoms with van der Waals surface area (Å²) in [4.78, 5) is 55.0. The first-order valence-electron chi connectivity index (χ1n) is 20.5. The molecule has 2 aliphatic heterocycles. The molecule has 0 radical (unpaired) electrons. The highest BCUT2D eigenvalue weighted by atomic mass is 19.2. The zero-order chi connectivity index (χ0) is 41.2. The number of aromatic hydroxyl groups is 1. The molecule has 3 aromatic carbocycles. The van der Waals surface area contributed by atoms with Crippen LogP contribution in [-0.4, -0.2) is 85.9 Å². The maximum Gasteiger partial charge on any atom is 0.329 e. The predicted molar refractivity (Wildman–Crippen MR) is 214 cm³/mol. The molecule has 3 amide bonds. The largest absolute Gasteiger partial charge is 0.503 e. The van der Waals surface area contributed by atoms with Gasteiger partial charge in [0.15, 0.2) is 17.4 Å². The van der Waals surface area contributed by atoms with E-state index in [2.05, 4.69) is 49.5 Å². The number of rotatable bonds is 10. The fourth-order valence-electron chi connectivity index (χ4n) is 9.94. The second kappa shape index (κ2) is 14.9. The minimum atomic E-state index is -1.77. The van der Waals surface area contributed by atoms with Crippen LogP contribution in [0.4, 0.5) is 18.9 Å². The summed E-state index contributed by atoms with van der Waals surface area (Å²) in [5, 5.41) is 20.6. The number of fused-ring (bicyclic) bond motifs is 5. The Bertz CT molecular complexity index is 2550. The number of phenolic OH excluding ortho intramolecular Hbond substituents is 1. The van der Waals surface area contributed by atoms with E-state index >= 15 is 0 Å². The Morgan fingerprint density at radius 1 is 0.932 bits per heavy atom. The summed E-state index contributed by atoms with van der Waals surface area (Å²) < 4.78 is 47.3. The molecule has 1 unspecified atom stereocenters. The Hall–Kier alpha value is -5.64. The van der Waals surface area contributed by atoms with Gasteiger partial charge in [-0.2, -0.15) is 9.49 Å². The van der Waals surface area contributed by atoms with Gasteiger partial charge in [-0.15, -0.1) is 0 Å². The van der Waals surface area contributed by atoms with Gasteiger partial charge in [0, 0.05) is 63.5 Å². The van der Waals surface area contributed by atoms with Crippen LogP contribution in [-0.2, 0) is 28.6 Å². The number of phenols is 1. The third kappa shape index (κ3) is 6.94. The highest BCUT2D eigenvalue weighted by molar-refractivity contribution is 6.00.